The molecule has 2 aromatic heterocycles. The summed E-state index contributed by atoms with van der Waals surface area (Å²) >= 11 is 0. The van der Waals surface area contributed by atoms with Gasteiger partial charge in [-0.05, 0) is 29.7 Å². The average molecular weight is 399 g/mol. The van der Waals surface area contributed by atoms with Crippen LogP contribution in [-0.4, -0.2) is 26.4 Å². The van der Waals surface area contributed by atoms with E-state index in [2.05, 4.69) is 21.0 Å². The highest BCUT2D eigenvalue weighted by molar-refractivity contribution is 5.84. The number of hydrogen-bond donors (Lipinski definition) is 0. The number of rotatable bonds is 4. The first kappa shape index (κ1) is 18.0. The van der Waals surface area contributed by atoms with E-state index >= 15 is 0 Å². The second-order valence-electron chi connectivity index (χ2n) is 6.98. The number of fused-ring (bicyclic) bond motifs is 2. The zero-order chi connectivity index (χ0) is 20.5. The Hall–Kier alpha value is -4.07. The number of ether oxygens (including phenoxy) is 1. The fraction of sp³-hybridized carbons (Fsp3) is 0.136. The van der Waals surface area contributed by atoms with Crippen LogP contribution in [0.5, 0.6) is 11.6 Å². The van der Waals surface area contributed by atoms with Gasteiger partial charge in [-0.15, -0.1) is 0 Å². The van der Waals surface area contributed by atoms with Gasteiger partial charge in [-0.3, -0.25) is 15.1 Å². The molecule has 8 nitrogen and oxygen atoms in total. The molecule has 0 unspecified atom stereocenters. The number of pyridine rings is 1. The molecule has 1 aliphatic rings. The van der Waals surface area contributed by atoms with E-state index in [1.165, 1.54) is 11.9 Å². The molecule has 30 heavy (non-hydrogen) atoms. The molecule has 148 valence electrons. The summed E-state index contributed by atoms with van der Waals surface area (Å²) in [4.78, 5) is 26.1. The fourth-order valence-electron chi connectivity index (χ4n) is 3.76. The zero-order valence-electron chi connectivity index (χ0n) is 15.9. The van der Waals surface area contributed by atoms with Crippen molar-refractivity contribution in [2.75, 3.05) is 11.4 Å². The Labute approximate surface area is 172 Å². The highest BCUT2D eigenvalue weighted by Gasteiger charge is 2.30. The van der Waals surface area contributed by atoms with Crippen molar-refractivity contribution in [2.24, 2.45) is 0 Å². The summed E-state index contributed by atoms with van der Waals surface area (Å²) < 4.78 is 5.90. The van der Waals surface area contributed by atoms with Gasteiger partial charge in [0.15, 0.2) is 5.75 Å². The van der Waals surface area contributed by atoms with Crippen molar-refractivity contribution in [1.29, 1.82) is 0 Å². The normalized spacial score (nSPS) is 13.1. The molecule has 0 radical (unpaired) electrons. The number of nitrogens with zero attached hydrogens (tertiary/aromatic N) is 5. The van der Waals surface area contributed by atoms with Crippen molar-refractivity contribution in [1.82, 2.24) is 15.0 Å². The molecule has 5 rings (SSSR count). The Kier molecular flexibility index (Phi) is 4.44. The Bertz CT molecular complexity index is 1260. The molecular weight excluding hydrogens is 382 g/mol. The third-order valence-corrected chi connectivity index (χ3v) is 5.18. The molecule has 0 N–H and O–H groups in total. The van der Waals surface area contributed by atoms with Crippen molar-refractivity contribution in [3.63, 3.8) is 0 Å². The summed E-state index contributed by atoms with van der Waals surface area (Å²) in [6.45, 7) is 1.17. The zero-order valence-corrected chi connectivity index (χ0v) is 15.9. The number of hydrogen-bond acceptors (Lipinski definition) is 7. The lowest BCUT2D eigenvalue weighted by atomic mass is 10.00. The lowest BCUT2D eigenvalue weighted by Gasteiger charge is -2.29. The van der Waals surface area contributed by atoms with Gasteiger partial charge in [0.05, 0.1) is 4.92 Å². The second kappa shape index (κ2) is 7.40. The van der Waals surface area contributed by atoms with Gasteiger partial charge in [0, 0.05) is 24.7 Å². The van der Waals surface area contributed by atoms with Gasteiger partial charge in [-0.1, -0.05) is 42.5 Å². The Morgan fingerprint density at radius 2 is 1.80 bits per heavy atom. The maximum Gasteiger partial charge on any atom is 0.373 e. The van der Waals surface area contributed by atoms with E-state index in [-0.39, 0.29) is 17.4 Å². The first-order valence-electron chi connectivity index (χ1n) is 9.53. The van der Waals surface area contributed by atoms with Crippen LogP contribution >= 0.6 is 0 Å². The largest absolute Gasteiger partial charge is 0.431 e. The number of benzene rings is 2. The summed E-state index contributed by atoms with van der Waals surface area (Å²) in [7, 11) is 0. The molecule has 4 aromatic rings. The fourth-order valence-corrected chi connectivity index (χ4v) is 3.76. The third-order valence-electron chi connectivity index (χ3n) is 5.18. The van der Waals surface area contributed by atoms with Crippen molar-refractivity contribution in [3.05, 3.63) is 88.4 Å². The molecule has 0 saturated heterocycles. The van der Waals surface area contributed by atoms with Gasteiger partial charge >= 0.3 is 11.6 Å². The minimum atomic E-state index is -0.482. The predicted octanol–water partition coefficient (Wildman–Crippen LogP) is 4.29. The maximum atomic E-state index is 12.0. The highest BCUT2D eigenvalue weighted by Crippen LogP contribution is 2.38. The molecular formula is C22H17N5O3. The van der Waals surface area contributed by atoms with Crippen LogP contribution in [0.15, 0.2) is 67.1 Å². The lowest BCUT2D eigenvalue weighted by Crippen LogP contribution is -2.31. The van der Waals surface area contributed by atoms with Crippen LogP contribution in [0.25, 0.3) is 10.9 Å². The Morgan fingerprint density at radius 3 is 2.67 bits per heavy atom. The van der Waals surface area contributed by atoms with Crippen LogP contribution in [0.3, 0.4) is 0 Å². The van der Waals surface area contributed by atoms with Crippen LogP contribution in [0, 0.1) is 10.1 Å². The van der Waals surface area contributed by atoms with E-state index in [1.54, 1.807) is 12.3 Å². The average Bonchev–Trinajstić information content (AvgIpc) is 2.79. The number of para-hydroxylation sites is 1. The Balaban J connectivity index is 1.55. The predicted molar refractivity (Wildman–Crippen MR) is 112 cm³/mol. The summed E-state index contributed by atoms with van der Waals surface area (Å²) in [5.41, 5.74) is 2.76. The van der Waals surface area contributed by atoms with Crippen LogP contribution in [0.1, 0.15) is 11.1 Å². The summed E-state index contributed by atoms with van der Waals surface area (Å²) in [6.07, 6.45) is 3.75. The first-order chi connectivity index (χ1) is 14.7. The standard InChI is InChI=1S/C22H17N5O3/c28-27(29)20-21(26-12-10-15-5-1-2-6-17(15)13-26)24-14-25-22(20)30-18-9-3-7-16-8-4-11-23-19(16)18/h1-9,11,14H,10,12-13H2. The monoisotopic (exact) mass is 399 g/mol. The van der Waals surface area contributed by atoms with Crippen molar-refractivity contribution < 1.29 is 9.66 Å². The molecule has 0 amide bonds. The van der Waals surface area contributed by atoms with Gasteiger partial charge in [0.25, 0.3) is 0 Å². The van der Waals surface area contributed by atoms with Gasteiger partial charge < -0.3 is 9.64 Å². The number of nitro groups is 1. The molecule has 0 atom stereocenters. The molecule has 8 heteroatoms. The van der Waals surface area contributed by atoms with Crippen LogP contribution < -0.4 is 9.64 Å². The van der Waals surface area contributed by atoms with E-state index in [1.807, 2.05) is 47.4 Å². The first-order valence-corrected chi connectivity index (χ1v) is 9.53. The van der Waals surface area contributed by atoms with Crippen molar-refractivity contribution in [3.8, 4) is 11.6 Å². The van der Waals surface area contributed by atoms with E-state index < -0.39 is 4.92 Å². The van der Waals surface area contributed by atoms with Gasteiger partial charge in [-0.2, -0.15) is 4.98 Å². The van der Waals surface area contributed by atoms with Crippen LogP contribution in [0.2, 0.25) is 0 Å². The van der Waals surface area contributed by atoms with Gasteiger partial charge in [-0.25, -0.2) is 4.98 Å². The van der Waals surface area contributed by atoms with E-state index in [0.717, 1.165) is 17.4 Å². The minimum Gasteiger partial charge on any atom is -0.431 e. The quantitative estimate of drug-likeness (QED) is 0.373. The molecule has 0 aliphatic carbocycles. The van der Waals surface area contributed by atoms with Crippen molar-refractivity contribution in [2.45, 2.75) is 13.0 Å². The summed E-state index contributed by atoms with van der Waals surface area (Å²) in [6, 6.07) is 17.3. The lowest BCUT2D eigenvalue weighted by molar-refractivity contribution is -0.385. The third kappa shape index (κ3) is 3.18. The molecule has 0 saturated carbocycles. The minimum absolute atomic E-state index is 0.0954. The van der Waals surface area contributed by atoms with E-state index in [0.29, 0.717) is 24.4 Å². The highest BCUT2D eigenvalue weighted by atomic mass is 16.6. The van der Waals surface area contributed by atoms with Crippen LogP contribution in [0.4, 0.5) is 11.5 Å². The maximum absolute atomic E-state index is 12.0. The topological polar surface area (TPSA) is 94.3 Å². The molecule has 0 bridgehead atoms. The molecule has 3 heterocycles. The Morgan fingerprint density at radius 1 is 0.967 bits per heavy atom. The molecule has 1 aliphatic heterocycles. The second-order valence-corrected chi connectivity index (χ2v) is 6.98. The summed E-state index contributed by atoms with van der Waals surface area (Å²) in [5.74, 6) is 0.569. The van der Waals surface area contributed by atoms with Gasteiger partial charge in [0.2, 0.25) is 5.82 Å². The van der Waals surface area contributed by atoms with E-state index in [4.69, 9.17) is 4.74 Å². The number of aromatic nitrogens is 3. The summed E-state index contributed by atoms with van der Waals surface area (Å²) in [5, 5.41) is 12.9. The molecule has 0 spiro atoms. The van der Waals surface area contributed by atoms with Crippen LogP contribution in [-0.2, 0) is 13.0 Å². The van der Waals surface area contributed by atoms with E-state index in [9.17, 15) is 10.1 Å². The molecule has 2 aromatic carbocycles. The molecule has 0 fully saturated rings. The SMILES string of the molecule is O=[N+]([O-])c1c(Oc2cccc3cccnc23)ncnc1N1CCc2ccccc2C1. The van der Waals surface area contributed by atoms with Gasteiger partial charge in [0.1, 0.15) is 11.8 Å². The number of anilines is 1. The smallest absolute Gasteiger partial charge is 0.373 e. The van der Waals surface area contributed by atoms with Crippen molar-refractivity contribution >= 4 is 22.4 Å².